The first-order chi connectivity index (χ1) is 6.70. The molecule has 0 aliphatic heterocycles. The van der Waals surface area contributed by atoms with E-state index in [2.05, 4.69) is 0 Å². The maximum absolute atomic E-state index is 9.68. The highest BCUT2D eigenvalue weighted by Crippen LogP contribution is 2.28. The quantitative estimate of drug-likeness (QED) is 0.832. The van der Waals surface area contributed by atoms with Crippen LogP contribution < -0.4 is 5.73 Å². The summed E-state index contributed by atoms with van der Waals surface area (Å²) in [6.45, 7) is 2.03. The van der Waals surface area contributed by atoms with Crippen LogP contribution in [0.5, 0.6) is 5.75 Å². The van der Waals surface area contributed by atoms with E-state index in [1.807, 2.05) is 13.0 Å². The normalized spacial score (nSPS) is 11.3. The molecule has 1 aromatic carbocycles. The molecule has 1 atom stereocenters. The third-order valence-corrected chi connectivity index (χ3v) is 2.19. The second-order valence-corrected chi connectivity index (χ2v) is 3.25. The number of phenols is 1. The standard InChI is InChI=1S/C11H14N2O.ClH/c1-2-4-10(13)9-6-3-5-8(7-12)11(9)14;/h3,5-6,10,14H,2,4,13H2,1H3;1H/t10-;/m1./s1. The predicted octanol–water partition coefficient (Wildman–Crippen LogP) is 2.49. The lowest BCUT2D eigenvalue weighted by Crippen LogP contribution is -2.10. The first-order valence-corrected chi connectivity index (χ1v) is 4.68. The van der Waals surface area contributed by atoms with Gasteiger partial charge in [0.25, 0.3) is 0 Å². The van der Waals surface area contributed by atoms with Gasteiger partial charge in [0, 0.05) is 11.6 Å². The van der Waals surface area contributed by atoms with Gasteiger partial charge in [-0.2, -0.15) is 5.26 Å². The molecule has 1 aromatic rings. The topological polar surface area (TPSA) is 70.0 Å². The maximum Gasteiger partial charge on any atom is 0.138 e. The molecular weight excluding hydrogens is 212 g/mol. The number of hydrogen-bond donors (Lipinski definition) is 2. The molecule has 0 heterocycles. The Balaban J connectivity index is 0.00000196. The molecule has 1 rings (SSSR count). The van der Waals surface area contributed by atoms with Gasteiger partial charge < -0.3 is 10.8 Å². The number of benzene rings is 1. The van der Waals surface area contributed by atoms with Crippen LogP contribution in [0.3, 0.4) is 0 Å². The monoisotopic (exact) mass is 226 g/mol. The van der Waals surface area contributed by atoms with Gasteiger partial charge in [0.15, 0.2) is 0 Å². The summed E-state index contributed by atoms with van der Waals surface area (Å²) in [7, 11) is 0. The number of nitrogens with two attached hydrogens (primary N) is 1. The van der Waals surface area contributed by atoms with Gasteiger partial charge >= 0.3 is 0 Å². The number of aromatic hydroxyl groups is 1. The largest absolute Gasteiger partial charge is 0.506 e. The molecule has 0 fully saturated rings. The van der Waals surface area contributed by atoms with E-state index in [0.29, 0.717) is 5.56 Å². The molecule has 0 radical (unpaired) electrons. The summed E-state index contributed by atoms with van der Waals surface area (Å²) in [6, 6.07) is 6.82. The third kappa shape index (κ3) is 3.12. The molecule has 0 spiro atoms. The second-order valence-electron chi connectivity index (χ2n) is 3.25. The molecule has 3 nitrogen and oxygen atoms in total. The van der Waals surface area contributed by atoms with Crippen molar-refractivity contribution in [2.75, 3.05) is 0 Å². The number of nitrogens with zero attached hydrogens (tertiary/aromatic N) is 1. The van der Waals surface area contributed by atoms with Crippen LogP contribution in [0, 0.1) is 11.3 Å². The molecule has 0 aromatic heterocycles. The zero-order valence-corrected chi connectivity index (χ0v) is 9.42. The summed E-state index contributed by atoms with van der Waals surface area (Å²) in [5.41, 5.74) is 6.80. The van der Waals surface area contributed by atoms with Gasteiger partial charge in [-0.1, -0.05) is 25.5 Å². The lowest BCUT2D eigenvalue weighted by atomic mass is 10.00. The van der Waals surface area contributed by atoms with Crippen molar-refractivity contribution in [3.8, 4) is 11.8 Å². The average Bonchev–Trinajstić information content (AvgIpc) is 2.18. The molecule has 0 unspecified atom stereocenters. The summed E-state index contributed by atoms with van der Waals surface area (Å²) in [5, 5.41) is 18.4. The van der Waals surface area contributed by atoms with Gasteiger partial charge in [-0.25, -0.2) is 0 Å². The molecular formula is C11H15ClN2O. The lowest BCUT2D eigenvalue weighted by Gasteiger charge is -2.12. The Morgan fingerprint density at radius 1 is 1.53 bits per heavy atom. The summed E-state index contributed by atoms with van der Waals surface area (Å²) in [4.78, 5) is 0. The fraction of sp³-hybridized carbons (Fsp3) is 0.364. The van der Waals surface area contributed by atoms with E-state index in [1.165, 1.54) is 0 Å². The van der Waals surface area contributed by atoms with Crippen LogP contribution in [0.4, 0.5) is 0 Å². The van der Waals surface area contributed by atoms with Crippen molar-refractivity contribution >= 4 is 12.4 Å². The van der Waals surface area contributed by atoms with Crippen molar-refractivity contribution in [1.29, 1.82) is 5.26 Å². The molecule has 3 N–H and O–H groups in total. The Kier molecular flexibility index (Phi) is 5.76. The molecule has 0 aliphatic carbocycles. The third-order valence-electron chi connectivity index (χ3n) is 2.19. The molecule has 0 amide bonds. The summed E-state index contributed by atoms with van der Waals surface area (Å²) in [6.07, 6.45) is 1.76. The van der Waals surface area contributed by atoms with Crippen molar-refractivity contribution < 1.29 is 5.11 Å². The van der Waals surface area contributed by atoms with Crippen LogP contribution in [0.25, 0.3) is 0 Å². The summed E-state index contributed by atoms with van der Waals surface area (Å²) >= 11 is 0. The van der Waals surface area contributed by atoms with E-state index in [-0.39, 0.29) is 29.8 Å². The van der Waals surface area contributed by atoms with E-state index in [9.17, 15) is 5.11 Å². The maximum atomic E-state index is 9.68. The average molecular weight is 227 g/mol. The SMILES string of the molecule is CCC[C@@H](N)c1cccc(C#N)c1O.Cl. The highest BCUT2D eigenvalue weighted by molar-refractivity contribution is 5.85. The van der Waals surface area contributed by atoms with E-state index in [4.69, 9.17) is 11.0 Å². The summed E-state index contributed by atoms with van der Waals surface area (Å²) in [5.74, 6) is 0.0240. The number of halogens is 1. The Labute approximate surface area is 95.9 Å². The van der Waals surface area contributed by atoms with Crippen LogP contribution in [0.1, 0.15) is 36.9 Å². The van der Waals surface area contributed by atoms with Crippen LogP contribution >= 0.6 is 12.4 Å². The van der Waals surface area contributed by atoms with Gasteiger partial charge in [-0.3, -0.25) is 0 Å². The molecule has 0 bridgehead atoms. The van der Waals surface area contributed by atoms with Crippen molar-refractivity contribution in [3.63, 3.8) is 0 Å². The van der Waals surface area contributed by atoms with Gasteiger partial charge in [0.05, 0.1) is 5.56 Å². The lowest BCUT2D eigenvalue weighted by molar-refractivity contribution is 0.456. The van der Waals surface area contributed by atoms with Crippen molar-refractivity contribution in [3.05, 3.63) is 29.3 Å². The number of para-hydroxylation sites is 1. The minimum absolute atomic E-state index is 0. The van der Waals surface area contributed by atoms with Crippen molar-refractivity contribution in [2.24, 2.45) is 5.73 Å². The highest BCUT2D eigenvalue weighted by atomic mass is 35.5. The van der Waals surface area contributed by atoms with Gasteiger partial charge in [-0.15, -0.1) is 12.4 Å². The van der Waals surface area contributed by atoms with Crippen molar-refractivity contribution in [2.45, 2.75) is 25.8 Å². The second kappa shape index (κ2) is 6.28. The van der Waals surface area contributed by atoms with Gasteiger partial charge in [-0.05, 0) is 12.5 Å². The Hall–Kier alpha value is -1.24. The zero-order valence-electron chi connectivity index (χ0n) is 8.60. The highest BCUT2D eigenvalue weighted by Gasteiger charge is 2.12. The van der Waals surface area contributed by atoms with Crippen molar-refractivity contribution in [1.82, 2.24) is 0 Å². The van der Waals surface area contributed by atoms with Crippen LogP contribution in [0.15, 0.2) is 18.2 Å². The van der Waals surface area contributed by atoms with Crippen LogP contribution in [-0.4, -0.2) is 5.11 Å². The molecule has 4 heteroatoms. The number of rotatable bonds is 3. The number of hydrogen-bond acceptors (Lipinski definition) is 3. The smallest absolute Gasteiger partial charge is 0.138 e. The Bertz CT molecular complexity index is 360. The van der Waals surface area contributed by atoms with Gasteiger partial charge in [0.2, 0.25) is 0 Å². The first kappa shape index (κ1) is 13.8. The molecule has 0 aliphatic rings. The number of phenolic OH excluding ortho intramolecular Hbond substituents is 1. The Morgan fingerprint density at radius 3 is 2.73 bits per heavy atom. The fourth-order valence-corrected chi connectivity index (χ4v) is 1.42. The first-order valence-electron chi connectivity index (χ1n) is 4.68. The molecule has 0 saturated heterocycles. The van der Waals surface area contributed by atoms with E-state index >= 15 is 0 Å². The van der Waals surface area contributed by atoms with E-state index in [0.717, 1.165) is 12.8 Å². The molecule has 82 valence electrons. The van der Waals surface area contributed by atoms with E-state index < -0.39 is 0 Å². The van der Waals surface area contributed by atoms with Gasteiger partial charge in [0.1, 0.15) is 11.8 Å². The minimum Gasteiger partial charge on any atom is -0.506 e. The van der Waals surface area contributed by atoms with Crippen LogP contribution in [-0.2, 0) is 0 Å². The predicted molar refractivity (Wildman–Crippen MR) is 61.9 cm³/mol. The fourth-order valence-electron chi connectivity index (χ4n) is 1.42. The molecule has 15 heavy (non-hydrogen) atoms. The zero-order chi connectivity index (χ0) is 10.6. The minimum atomic E-state index is -0.187. The number of nitriles is 1. The van der Waals surface area contributed by atoms with Crippen LogP contribution in [0.2, 0.25) is 0 Å². The van der Waals surface area contributed by atoms with E-state index in [1.54, 1.807) is 18.2 Å². The summed E-state index contributed by atoms with van der Waals surface area (Å²) < 4.78 is 0. The Morgan fingerprint density at radius 2 is 2.20 bits per heavy atom. The molecule has 0 saturated carbocycles.